The van der Waals surface area contributed by atoms with Gasteiger partial charge in [-0.2, -0.15) is 0 Å². The van der Waals surface area contributed by atoms with Crippen LogP contribution in [-0.2, 0) is 0 Å². The fourth-order valence-corrected chi connectivity index (χ4v) is 4.97. The summed E-state index contributed by atoms with van der Waals surface area (Å²) in [5, 5.41) is 4.29. The summed E-state index contributed by atoms with van der Waals surface area (Å²) in [7, 11) is 0. The molecule has 4 heteroatoms. The second kappa shape index (κ2) is 5.60. The Kier molecular flexibility index (Phi) is 4.07. The lowest BCUT2D eigenvalue weighted by atomic mass is 10.0. The first-order valence-corrected chi connectivity index (χ1v) is 9.24. The summed E-state index contributed by atoms with van der Waals surface area (Å²) in [4.78, 5) is 0. The van der Waals surface area contributed by atoms with E-state index in [2.05, 4.69) is 92.3 Å². The van der Waals surface area contributed by atoms with Crippen LogP contribution in [0.2, 0.25) is 0 Å². The molecule has 0 nitrogen and oxygen atoms in total. The number of hydrogen-bond donors (Lipinski definition) is 0. The summed E-state index contributed by atoms with van der Waals surface area (Å²) < 4.78 is 2.70. The van der Waals surface area contributed by atoms with Crippen LogP contribution >= 0.6 is 67.9 Å². The van der Waals surface area contributed by atoms with E-state index < -0.39 is 0 Å². The van der Waals surface area contributed by atoms with Crippen molar-refractivity contribution in [3.63, 3.8) is 0 Å². The molecule has 1 aromatic carbocycles. The van der Waals surface area contributed by atoms with Gasteiger partial charge >= 0.3 is 0 Å². The first-order chi connectivity index (χ1) is 8.75. The van der Waals surface area contributed by atoms with Crippen molar-refractivity contribution in [1.29, 1.82) is 0 Å². The van der Waals surface area contributed by atoms with E-state index in [0.717, 1.165) is 0 Å². The lowest BCUT2D eigenvalue weighted by Crippen LogP contribution is -1.79. The molecule has 0 aliphatic carbocycles. The highest BCUT2D eigenvalue weighted by molar-refractivity contribution is 14.1. The Morgan fingerprint density at radius 3 is 1.28 bits per heavy atom. The molecule has 0 aliphatic heterocycles. The largest absolute Gasteiger partial charge is 0.137 e. The van der Waals surface area contributed by atoms with Crippen molar-refractivity contribution in [3.8, 4) is 22.3 Å². The van der Waals surface area contributed by atoms with E-state index >= 15 is 0 Å². The van der Waals surface area contributed by atoms with Crippen molar-refractivity contribution in [2.75, 3.05) is 0 Å². The predicted octanol–water partition coefficient (Wildman–Crippen LogP) is 6.35. The van der Waals surface area contributed by atoms with E-state index in [1.807, 2.05) is 0 Å². The monoisotopic (exact) mass is 494 g/mol. The highest BCUT2D eigenvalue weighted by atomic mass is 127. The van der Waals surface area contributed by atoms with Crippen LogP contribution in [0, 0.1) is 5.77 Å². The number of thiophene rings is 2. The lowest BCUT2D eigenvalue weighted by molar-refractivity contribution is 1.64. The number of hydrogen-bond acceptors (Lipinski definition) is 2. The topological polar surface area (TPSA) is 0 Å². The maximum Gasteiger partial charge on any atom is 0.0731 e. The van der Waals surface area contributed by atoms with E-state index in [1.54, 1.807) is 22.7 Å². The Labute approximate surface area is 141 Å². The van der Waals surface area contributed by atoms with Crippen molar-refractivity contribution in [2.45, 2.75) is 0 Å². The Morgan fingerprint density at radius 2 is 1.00 bits per heavy atom. The fourth-order valence-electron chi connectivity index (χ4n) is 1.83. The molecule has 0 spiro atoms. The summed E-state index contributed by atoms with van der Waals surface area (Å²) in [5.74, 6) is 0. The van der Waals surface area contributed by atoms with Gasteiger partial charge in [-0.15, -0.1) is 22.7 Å². The molecule has 90 valence electrons. The van der Waals surface area contributed by atoms with Gasteiger partial charge in [-0.1, -0.05) is 24.3 Å². The first kappa shape index (κ1) is 13.1. The first-order valence-electron chi connectivity index (χ1n) is 5.32. The molecule has 0 amide bonds. The molecule has 0 atom stereocenters. The van der Waals surface area contributed by atoms with Crippen molar-refractivity contribution in [3.05, 3.63) is 52.9 Å². The number of halogens is 2. The molecule has 3 aromatic rings. The molecule has 0 N–H and O–H groups in total. The molecule has 2 heterocycles. The highest BCUT2D eigenvalue weighted by Crippen LogP contribution is 2.33. The highest BCUT2D eigenvalue weighted by Gasteiger charge is 2.06. The minimum absolute atomic E-state index is 1.30. The van der Waals surface area contributed by atoms with Crippen LogP contribution < -0.4 is 0 Å². The second-order valence-corrected chi connectivity index (χ2v) is 9.25. The maximum absolute atomic E-state index is 2.40. The van der Waals surface area contributed by atoms with Crippen molar-refractivity contribution >= 4 is 67.9 Å². The van der Waals surface area contributed by atoms with Crippen LogP contribution in [0.15, 0.2) is 47.2 Å². The number of rotatable bonds is 2. The molecule has 0 saturated heterocycles. The summed E-state index contributed by atoms with van der Waals surface area (Å²) in [6.45, 7) is 0. The summed E-state index contributed by atoms with van der Waals surface area (Å²) in [5.41, 5.74) is 5.28. The Balaban J connectivity index is 2.00. The molecular formula is C14H8I2S2. The van der Waals surface area contributed by atoms with Gasteiger partial charge in [-0.3, -0.25) is 0 Å². The smallest absolute Gasteiger partial charge is 0.0731 e. The van der Waals surface area contributed by atoms with Gasteiger partial charge in [-0.05, 0) is 79.2 Å². The quantitative estimate of drug-likeness (QED) is 0.365. The van der Waals surface area contributed by atoms with Gasteiger partial charge in [0.25, 0.3) is 0 Å². The molecule has 2 aromatic heterocycles. The van der Waals surface area contributed by atoms with Gasteiger partial charge in [0, 0.05) is 11.1 Å². The third kappa shape index (κ3) is 2.52. The van der Waals surface area contributed by atoms with Crippen LogP contribution in [0.25, 0.3) is 22.3 Å². The molecule has 18 heavy (non-hydrogen) atoms. The molecule has 0 fully saturated rings. The molecular weight excluding hydrogens is 486 g/mol. The SMILES string of the molecule is Ic1sccc1-c1ccc(-c2ccsc2I)cc1. The van der Waals surface area contributed by atoms with E-state index in [4.69, 9.17) is 0 Å². The Hall–Kier alpha value is 0.0800. The minimum atomic E-state index is 1.30. The van der Waals surface area contributed by atoms with Crippen molar-refractivity contribution in [1.82, 2.24) is 0 Å². The van der Waals surface area contributed by atoms with Gasteiger partial charge in [0.2, 0.25) is 0 Å². The standard InChI is InChI=1S/C14H8I2S2/c15-13-11(5-7-17-13)9-1-2-10(4-3-9)12-6-8-18-14(12)16/h1-8H. The van der Waals surface area contributed by atoms with E-state index in [9.17, 15) is 0 Å². The van der Waals surface area contributed by atoms with Crippen LogP contribution in [-0.4, -0.2) is 0 Å². The number of benzene rings is 1. The van der Waals surface area contributed by atoms with Gasteiger partial charge in [0.1, 0.15) is 0 Å². The zero-order valence-electron chi connectivity index (χ0n) is 9.19. The van der Waals surface area contributed by atoms with Crippen LogP contribution in [0.5, 0.6) is 0 Å². The Bertz CT molecular complexity index is 606. The Morgan fingerprint density at radius 1 is 0.611 bits per heavy atom. The average molecular weight is 494 g/mol. The van der Waals surface area contributed by atoms with Crippen LogP contribution in [0.1, 0.15) is 0 Å². The third-order valence-electron chi connectivity index (χ3n) is 2.74. The van der Waals surface area contributed by atoms with Crippen LogP contribution in [0.4, 0.5) is 0 Å². The fraction of sp³-hybridized carbons (Fsp3) is 0. The summed E-state index contributed by atoms with van der Waals surface area (Å²) in [6.07, 6.45) is 0. The molecule has 0 aliphatic rings. The molecule has 0 saturated carbocycles. The zero-order chi connectivity index (χ0) is 12.5. The van der Waals surface area contributed by atoms with E-state index in [-0.39, 0.29) is 0 Å². The minimum Gasteiger partial charge on any atom is -0.137 e. The van der Waals surface area contributed by atoms with Crippen LogP contribution in [0.3, 0.4) is 0 Å². The predicted molar refractivity (Wildman–Crippen MR) is 98.5 cm³/mol. The second-order valence-electron chi connectivity index (χ2n) is 3.79. The summed E-state index contributed by atoms with van der Waals surface area (Å²) >= 11 is 8.39. The van der Waals surface area contributed by atoms with Gasteiger partial charge < -0.3 is 0 Å². The van der Waals surface area contributed by atoms with E-state index in [1.165, 1.54) is 28.0 Å². The molecule has 0 unspecified atom stereocenters. The maximum atomic E-state index is 2.40. The van der Waals surface area contributed by atoms with Gasteiger partial charge in [-0.25, -0.2) is 0 Å². The third-order valence-corrected chi connectivity index (χ3v) is 6.83. The van der Waals surface area contributed by atoms with Crippen molar-refractivity contribution in [2.24, 2.45) is 0 Å². The normalized spacial score (nSPS) is 10.8. The molecule has 3 rings (SSSR count). The summed E-state index contributed by atoms with van der Waals surface area (Å²) in [6, 6.07) is 13.2. The average Bonchev–Trinajstić information content (AvgIpc) is 2.98. The molecule has 0 radical (unpaired) electrons. The molecule has 0 bridgehead atoms. The van der Waals surface area contributed by atoms with Gasteiger partial charge in [0.05, 0.1) is 5.77 Å². The lowest BCUT2D eigenvalue weighted by Gasteiger charge is -2.03. The van der Waals surface area contributed by atoms with E-state index in [0.29, 0.717) is 0 Å². The van der Waals surface area contributed by atoms with Gasteiger partial charge in [0.15, 0.2) is 0 Å². The van der Waals surface area contributed by atoms with Crippen molar-refractivity contribution < 1.29 is 0 Å². The zero-order valence-corrected chi connectivity index (χ0v) is 15.1.